The van der Waals surface area contributed by atoms with Gasteiger partial charge in [0.1, 0.15) is 24.7 Å². The van der Waals surface area contributed by atoms with Gasteiger partial charge in [0.25, 0.3) is 5.91 Å². The van der Waals surface area contributed by atoms with E-state index in [0.717, 1.165) is 5.56 Å². The fourth-order valence-electron chi connectivity index (χ4n) is 4.21. The number of benzene rings is 1. The van der Waals surface area contributed by atoms with Gasteiger partial charge >= 0.3 is 0 Å². The van der Waals surface area contributed by atoms with E-state index in [1.54, 1.807) is 27.6 Å². The molecule has 0 aliphatic carbocycles. The number of nitrogens with one attached hydrogen (secondary N) is 1. The van der Waals surface area contributed by atoms with Gasteiger partial charge in [-0.3, -0.25) is 9.59 Å². The second-order valence-corrected chi connectivity index (χ2v) is 7.13. The van der Waals surface area contributed by atoms with Gasteiger partial charge in [0.15, 0.2) is 5.65 Å². The number of hydrogen-bond acceptors (Lipinski definition) is 5. The van der Waals surface area contributed by atoms with Crippen molar-refractivity contribution in [3.8, 4) is 0 Å². The van der Waals surface area contributed by atoms with E-state index in [2.05, 4.69) is 15.4 Å². The van der Waals surface area contributed by atoms with Crippen LogP contribution in [0.3, 0.4) is 0 Å². The van der Waals surface area contributed by atoms with Crippen LogP contribution in [0.2, 0.25) is 0 Å². The van der Waals surface area contributed by atoms with Crippen LogP contribution in [-0.2, 0) is 15.1 Å². The van der Waals surface area contributed by atoms with Crippen LogP contribution in [0.25, 0.3) is 5.65 Å². The molecule has 2 aromatic heterocycles. The molecule has 142 valence electrons. The van der Waals surface area contributed by atoms with Crippen LogP contribution in [0.1, 0.15) is 22.5 Å². The van der Waals surface area contributed by atoms with Crippen LogP contribution in [0, 0.1) is 0 Å². The Labute approximate surface area is 161 Å². The fourth-order valence-corrected chi connectivity index (χ4v) is 4.21. The number of aromatic nitrogens is 3. The maximum absolute atomic E-state index is 13.2. The predicted octanol–water partition coefficient (Wildman–Crippen LogP) is 0.986. The highest BCUT2D eigenvalue weighted by Crippen LogP contribution is 2.37. The summed E-state index contributed by atoms with van der Waals surface area (Å²) in [4.78, 5) is 31.2. The summed E-state index contributed by atoms with van der Waals surface area (Å²) in [6, 6.07) is 15.2. The first kappa shape index (κ1) is 16.9. The average molecular weight is 377 g/mol. The van der Waals surface area contributed by atoms with Gasteiger partial charge in [0.05, 0.1) is 5.54 Å². The Morgan fingerprint density at radius 3 is 2.89 bits per heavy atom. The Morgan fingerprint density at radius 2 is 2.04 bits per heavy atom. The number of fused-ring (bicyclic) bond motifs is 2. The molecule has 0 saturated carbocycles. The molecule has 0 bridgehead atoms. The van der Waals surface area contributed by atoms with Gasteiger partial charge < -0.3 is 15.0 Å². The zero-order valence-corrected chi connectivity index (χ0v) is 15.1. The van der Waals surface area contributed by atoms with E-state index in [-0.39, 0.29) is 24.5 Å². The second-order valence-electron chi connectivity index (χ2n) is 7.13. The van der Waals surface area contributed by atoms with Crippen molar-refractivity contribution in [1.82, 2.24) is 24.8 Å². The Morgan fingerprint density at radius 1 is 1.18 bits per heavy atom. The number of morpholine rings is 1. The largest absolute Gasteiger partial charge is 0.364 e. The Kier molecular flexibility index (Phi) is 3.87. The third-order valence-corrected chi connectivity index (χ3v) is 5.59. The minimum Gasteiger partial charge on any atom is -0.364 e. The Hall–Kier alpha value is -3.26. The quantitative estimate of drug-likeness (QED) is 0.719. The molecule has 2 saturated heterocycles. The highest BCUT2D eigenvalue weighted by Gasteiger charge is 2.50. The first-order valence-electron chi connectivity index (χ1n) is 9.23. The number of carbonyl (C=O) groups is 2. The maximum atomic E-state index is 13.2. The van der Waals surface area contributed by atoms with Crippen molar-refractivity contribution in [3.63, 3.8) is 0 Å². The van der Waals surface area contributed by atoms with Crippen LogP contribution in [0.4, 0.5) is 0 Å². The molecule has 2 aliphatic rings. The lowest BCUT2D eigenvalue weighted by Crippen LogP contribution is -2.67. The van der Waals surface area contributed by atoms with Crippen molar-refractivity contribution in [2.45, 2.75) is 18.1 Å². The molecular formula is C20H19N5O3. The normalized spacial score (nSPS) is 24.6. The van der Waals surface area contributed by atoms with Gasteiger partial charge in [0.2, 0.25) is 5.91 Å². The van der Waals surface area contributed by atoms with Crippen molar-refractivity contribution in [2.24, 2.45) is 0 Å². The predicted molar refractivity (Wildman–Crippen MR) is 99.5 cm³/mol. The minimum atomic E-state index is -0.618. The van der Waals surface area contributed by atoms with Gasteiger partial charge in [-0.2, -0.15) is 5.10 Å². The molecule has 2 amide bonds. The number of carbonyl (C=O) groups excluding carboxylic acids is 2. The van der Waals surface area contributed by atoms with E-state index in [1.165, 1.54) is 6.33 Å². The number of nitrogens with zero attached hydrogens (tertiary/aromatic N) is 4. The summed E-state index contributed by atoms with van der Waals surface area (Å²) in [5.74, 6) is -0.259. The molecule has 8 heteroatoms. The summed E-state index contributed by atoms with van der Waals surface area (Å²) in [5, 5.41) is 7.30. The van der Waals surface area contributed by atoms with Crippen molar-refractivity contribution in [2.75, 3.05) is 19.7 Å². The average Bonchev–Trinajstić information content (AvgIpc) is 3.22. The molecule has 0 spiro atoms. The van der Waals surface area contributed by atoms with Crippen molar-refractivity contribution < 1.29 is 14.3 Å². The number of pyridine rings is 1. The molecule has 0 radical (unpaired) electrons. The molecule has 2 atom stereocenters. The molecule has 1 N–H and O–H groups in total. The highest BCUT2D eigenvalue weighted by atomic mass is 16.5. The molecule has 4 heterocycles. The van der Waals surface area contributed by atoms with Gasteiger partial charge in [-0.05, 0) is 24.1 Å². The zero-order chi connectivity index (χ0) is 19.1. The molecule has 2 aliphatic heterocycles. The molecule has 3 aromatic rings. The fraction of sp³-hybridized carbons (Fsp3) is 0.300. The van der Waals surface area contributed by atoms with Gasteiger partial charge in [-0.25, -0.2) is 9.50 Å². The van der Waals surface area contributed by atoms with Gasteiger partial charge in [0, 0.05) is 13.1 Å². The number of likely N-dealkylation sites (tertiary alicyclic amines) is 1. The van der Waals surface area contributed by atoms with Crippen molar-refractivity contribution >= 4 is 17.5 Å². The number of hydrogen-bond donors (Lipinski definition) is 1. The van der Waals surface area contributed by atoms with E-state index in [0.29, 0.717) is 30.9 Å². The van der Waals surface area contributed by atoms with E-state index in [9.17, 15) is 9.59 Å². The molecule has 8 nitrogen and oxygen atoms in total. The van der Waals surface area contributed by atoms with E-state index >= 15 is 0 Å². The van der Waals surface area contributed by atoms with Crippen LogP contribution in [0.5, 0.6) is 0 Å². The molecule has 1 aromatic carbocycles. The molecule has 2 fully saturated rings. The summed E-state index contributed by atoms with van der Waals surface area (Å²) in [5.41, 5.74) is 1.47. The Balaban J connectivity index is 1.46. The molecule has 28 heavy (non-hydrogen) atoms. The van der Waals surface area contributed by atoms with Crippen LogP contribution in [0.15, 0.2) is 54.9 Å². The van der Waals surface area contributed by atoms with E-state index in [1.807, 2.05) is 30.3 Å². The summed E-state index contributed by atoms with van der Waals surface area (Å²) in [6.45, 7) is 0.887. The number of piperidine rings is 1. The van der Waals surface area contributed by atoms with Gasteiger partial charge in [-0.1, -0.05) is 36.4 Å². The van der Waals surface area contributed by atoms with Crippen LogP contribution in [-0.4, -0.2) is 57.1 Å². The number of rotatable bonds is 2. The molecule has 0 unspecified atom stereocenters. The zero-order valence-electron chi connectivity index (χ0n) is 15.1. The van der Waals surface area contributed by atoms with E-state index < -0.39 is 5.54 Å². The monoisotopic (exact) mass is 377 g/mol. The SMILES string of the molecule is O=C1CO[C@@H]2CN(C(=O)c3cccc4ncnn34)CC[C@@]2(c2ccccc2)N1. The maximum Gasteiger partial charge on any atom is 0.272 e. The van der Waals surface area contributed by atoms with Crippen molar-refractivity contribution in [3.05, 3.63) is 66.1 Å². The topological polar surface area (TPSA) is 88.8 Å². The number of amides is 2. The lowest BCUT2D eigenvalue weighted by molar-refractivity contribution is -0.150. The van der Waals surface area contributed by atoms with Gasteiger partial charge in [-0.15, -0.1) is 0 Å². The molecular weight excluding hydrogens is 358 g/mol. The lowest BCUT2D eigenvalue weighted by Gasteiger charge is -2.50. The third-order valence-electron chi connectivity index (χ3n) is 5.59. The summed E-state index contributed by atoms with van der Waals surface area (Å²) < 4.78 is 7.45. The van der Waals surface area contributed by atoms with Crippen LogP contribution < -0.4 is 5.32 Å². The minimum absolute atomic E-state index is 0.0000603. The first-order valence-corrected chi connectivity index (χ1v) is 9.23. The molecule has 5 rings (SSSR count). The lowest BCUT2D eigenvalue weighted by atomic mass is 9.77. The first-order chi connectivity index (χ1) is 13.7. The second kappa shape index (κ2) is 6.42. The summed E-state index contributed by atoms with van der Waals surface area (Å²) in [7, 11) is 0. The summed E-state index contributed by atoms with van der Waals surface area (Å²) >= 11 is 0. The third kappa shape index (κ3) is 2.56. The smallest absolute Gasteiger partial charge is 0.272 e. The van der Waals surface area contributed by atoms with E-state index in [4.69, 9.17) is 4.74 Å². The highest BCUT2D eigenvalue weighted by molar-refractivity contribution is 5.93. The van der Waals surface area contributed by atoms with Crippen molar-refractivity contribution in [1.29, 1.82) is 0 Å². The Bertz CT molecular complexity index is 1050. The van der Waals surface area contributed by atoms with Crippen LogP contribution >= 0.6 is 0 Å². The number of ether oxygens (including phenoxy) is 1. The summed E-state index contributed by atoms with van der Waals surface area (Å²) in [6.07, 6.45) is 1.69. The standard InChI is InChI=1S/C20H19N5O3/c26-18-12-28-16-11-24(10-9-20(16,23-18)14-5-2-1-3-6-14)19(27)15-7-4-8-17-21-13-22-25(15)17/h1-8,13,16H,9-12H2,(H,23,26)/t16-,20+/m1/s1.